The second kappa shape index (κ2) is 10.9. The Balaban J connectivity index is 1.97. The maximum Gasteiger partial charge on any atom is 0.0977 e. The van der Waals surface area contributed by atoms with Crippen molar-refractivity contribution in [3.63, 3.8) is 0 Å². The van der Waals surface area contributed by atoms with E-state index in [-0.39, 0.29) is 5.92 Å². The number of hydrogen-bond acceptors (Lipinski definition) is 3. The Hall–Kier alpha value is -1.68. The van der Waals surface area contributed by atoms with Crippen LogP contribution < -0.4 is 0 Å². The first-order valence-corrected chi connectivity index (χ1v) is 11.3. The fourth-order valence-corrected chi connectivity index (χ4v) is 4.45. The molecule has 2 atom stereocenters. The van der Waals surface area contributed by atoms with E-state index in [1.54, 1.807) is 0 Å². The number of nitrogens with zero attached hydrogens (tertiary/aromatic N) is 1. The summed E-state index contributed by atoms with van der Waals surface area (Å²) in [4.78, 5) is 2.45. The van der Waals surface area contributed by atoms with Gasteiger partial charge in [-0.25, -0.2) is 0 Å². The lowest BCUT2D eigenvalue weighted by molar-refractivity contribution is -0.0295. The Kier molecular flexibility index (Phi) is 8.29. The average molecular weight is 396 g/mol. The van der Waals surface area contributed by atoms with Gasteiger partial charge >= 0.3 is 0 Å². The molecule has 3 nitrogen and oxygen atoms in total. The fraction of sp³-hybridized carbons (Fsp3) is 0.538. The molecule has 0 radical (unpaired) electrons. The SMILES string of the molecule is CCCCC[C@](O)(c1ccc(CC)cc1)[C@@H](CN1CCOCC1)c1ccccc1. The van der Waals surface area contributed by atoms with Crippen LogP contribution in [-0.2, 0) is 16.8 Å². The van der Waals surface area contributed by atoms with Gasteiger partial charge in [-0.3, -0.25) is 4.90 Å². The molecular weight excluding hydrogens is 358 g/mol. The predicted octanol–water partition coefficient (Wildman–Crippen LogP) is 5.13. The Morgan fingerprint density at radius 1 is 0.966 bits per heavy atom. The molecule has 29 heavy (non-hydrogen) atoms. The molecule has 0 spiro atoms. The van der Waals surface area contributed by atoms with E-state index in [1.165, 1.54) is 11.1 Å². The van der Waals surface area contributed by atoms with Gasteiger partial charge in [0.15, 0.2) is 0 Å². The van der Waals surface area contributed by atoms with E-state index >= 15 is 0 Å². The first kappa shape index (κ1) is 22.0. The number of benzene rings is 2. The van der Waals surface area contributed by atoms with Gasteiger partial charge in [0.2, 0.25) is 0 Å². The van der Waals surface area contributed by atoms with Crippen LogP contribution in [0.25, 0.3) is 0 Å². The fourth-order valence-electron chi connectivity index (χ4n) is 4.45. The van der Waals surface area contributed by atoms with Gasteiger partial charge in [-0.1, -0.05) is 87.7 Å². The van der Waals surface area contributed by atoms with Gasteiger partial charge < -0.3 is 9.84 Å². The lowest BCUT2D eigenvalue weighted by atomic mass is 9.73. The molecule has 1 saturated heterocycles. The zero-order chi connectivity index (χ0) is 20.5. The molecule has 1 aliphatic heterocycles. The maximum atomic E-state index is 12.3. The van der Waals surface area contributed by atoms with Crippen molar-refractivity contribution in [2.24, 2.45) is 0 Å². The Morgan fingerprint density at radius 2 is 1.66 bits per heavy atom. The molecule has 1 aliphatic rings. The number of rotatable bonds is 10. The molecule has 2 aromatic rings. The quantitative estimate of drug-likeness (QED) is 0.566. The summed E-state index contributed by atoms with van der Waals surface area (Å²) in [6, 6.07) is 19.3. The highest BCUT2D eigenvalue weighted by atomic mass is 16.5. The Labute approximate surface area is 176 Å². The van der Waals surface area contributed by atoms with Gasteiger partial charge in [0.1, 0.15) is 0 Å². The molecular formula is C26H37NO2. The summed E-state index contributed by atoms with van der Waals surface area (Å²) in [6.45, 7) is 8.67. The van der Waals surface area contributed by atoms with Crippen molar-refractivity contribution in [3.05, 3.63) is 71.3 Å². The van der Waals surface area contributed by atoms with Crippen LogP contribution in [0.1, 0.15) is 62.1 Å². The van der Waals surface area contributed by atoms with Crippen LogP contribution in [0.15, 0.2) is 54.6 Å². The molecule has 3 heteroatoms. The first-order valence-electron chi connectivity index (χ1n) is 11.3. The van der Waals surface area contributed by atoms with E-state index in [9.17, 15) is 5.11 Å². The van der Waals surface area contributed by atoms with Gasteiger partial charge in [-0.2, -0.15) is 0 Å². The molecule has 0 aliphatic carbocycles. The second-order valence-corrected chi connectivity index (χ2v) is 8.31. The molecule has 0 bridgehead atoms. The predicted molar refractivity (Wildman–Crippen MR) is 120 cm³/mol. The molecule has 0 saturated carbocycles. The van der Waals surface area contributed by atoms with Crippen molar-refractivity contribution in [3.8, 4) is 0 Å². The van der Waals surface area contributed by atoms with Crippen LogP contribution in [0.2, 0.25) is 0 Å². The molecule has 1 fully saturated rings. The Bertz CT molecular complexity index is 709. The minimum atomic E-state index is -0.874. The van der Waals surface area contributed by atoms with E-state index in [0.717, 1.165) is 70.5 Å². The monoisotopic (exact) mass is 395 g/mol. The summed E-state index contributed by atoms with van der Waals surface area (Å²) < 4.78 is 5.56. The molecule has 0 amide bonds. The van der Waals surface area contributed by atoms with Gasteiger partial charge in [0.05, 0.1) is 18.8 Å². The lowest BCUT2D eigenvalue weighted by Crippen LogP contribution is -2.45. The molecule has 0 aromatic heterocycles. The minimum Gasteiger partial charge on any atom is -0.384 e. The molecule has 1 N–H and O–H groups in total. The first-order chi connectivity index (χ1) is 14.2. The number of morpholine rings is 1. The summed E-state index contributed by atoms with van der Waals surface area (Å²) in [5, 5.41) is 12.3. The number of unbranched alkanes of at least 4 members (excludes halogenated alkanes) is 2. The summed E-state index contributed by atoms with van der Waals surface area (Å²) in [5.74, 6) is 0.0335. The van der Waals surface area contributed by atoms with Crippen LogP contribution in [0.5, 0.6) is 0 Å². The largest absolute Gasteiger partial charge is 0.384 e. The van der Waals surface area contributed by atoms with Crippen molar-refractivity contribution < 1.29 is 9.84 Å². The van der Waals surface area contributed by atoms with Crippen LogP contribution in [0.3, 0.4) is 0 Å². The standard InChI is InChI=1S/C26H37NO2/c1-3-5-9-16-26(28,24-14-12-22(4-2)13-15-24)25(23-10-7-6-8-11-23)21-27-17-19-29-20-18-27/h6-8,10-15,25,28H,3-5,9,16-21H2,1-2H3/t25-,26-/m0/s1. The molecule has 3 rings (SSSR count). The van der Waals surface area contributed by atoms with E-state index in [1.807, 2.05) is 0 Å². The maximum absolute atomic E-state index is 12.3. The summed E-state index contributed by atoms with van der Waals surface area (Å²) >= 11 is 0. The molecule has 1 heterocycles. The van der Waals surface area contributed by atoms with Crippen LogP contribution >= 0.6 is 0 Å². The van der Waals surface area contributed by atoms with Crippen molar-refractivity contribution >= 4 is 0 Å². The highest BCUT2D eigenvalue weighted by Crippen LogP contribution is 2.42. The van der Waals surface area contributed by atoms with E-state index in [4.69, 9.17) is 4.74 Å². The highest BCUT2D eigenvalue weighted by Gasteiger charge is 2.40. The van der Waals surface area contributed by atoms with E-state index in [0.29, 0.717) is 0 Å². The average Bonchev–Trinajstić information content (AvgIpc) is 2.79. The van der Waals surface area contributed by atoms with Crippen LogP contribution in [-0.4, -0.2) is 42.9 Å². The Morgan fingerprint density at radius 3 is 2.28 bits per heavy atom. The number of aryl methyl sites for hydroxylation is 1. The van der Waals surface area contributed by atoms with E-state index < -0.39 is 5.60 Å². The third kappa shape index (κ3) is 5.69. The molecule has 158 valence electrons. The molecule has 2 aromatic carbocycles. The smallest absolute Gasteiger partial charge is 0.0977 e. The number of ether oxygens (including phenoxy) is 1. The van der Waals surface area contributed by atoms with E-state index in [2.05, 4.69) is 73.3 Å². The van der Waals surface area contributed by atoms with Crippen molar-refractivity contribution in [1.29, 1.82) is 0 Å². The number of hydrogen-bond donors (Lipinski definition) is 1. The van der Waals surface area contributed by atoms with Gasteiger partial charge in [0.25, 0.3) is 0 Å². The lowest BCUT2D eigenvalue weighted by Gasteiger charge is -2.41. The van der Waals surface area contributed by atoms with Gasteiger partial charge in [-0.05, 0) is 29.5 Å². The van der Waals surface area contributed by atoms with Gasteiger partial charge in [0, 0.05) is 25.6 Å². The van der Waals surface area contributed by atoms with Crippen LogP contribution in [0.4, 0.5) is 0 Å². The second-order valence-electron chi connectivity index (χ2n) is 8.31. The summed E-state index contributed by atoms with van der Waals surface area (Å²) in [6.07, 6.45) is 5.15. The van der Waals surface area contributed by atoms with Crippen molar-refractivity contribution in [2.45, 2.75) is 57.5 Å². The van der Waals surface area contributed by atoms with Gasteiger partial charge in [-0.15, -0.1) is 0 Å². The van der Waals surface area contributed by atoms with Crippen molar-refractivity contribution in [1.82, 2.24) is 4.90 Å². The minimum absolute atomic E-state index is 0.0335. The topological polar surface area (TPSA) is 32.7 Å². The zero-order valence-corrected chi connectivity index (χ0v) is 18.1. The van der Waals surface area contributed by atoms with Crippen LogP contribution in [0, 0.1) is 0 Å². The molecule has 0 unspecified atom stereocenters. The normalized spacial score (nSPS) is 18.3. The third-order valence-electron chi connectivity index (χ3n) is 6.35. The summed E-state index contributed by atoms with van der Waals surface area (Å²) in [7, 11) is 0. The highest BCUT2D eigenvalue weighted by molar-refractivity contribution is 5.33. The number of aliphatic hydroxyl groups is 1. The zero-order valence-electron chi connectivity index (χ0n) is 18.1. The third-order valence-corrected chi connectivity index (χ3v) is 6.35. The van der Waals surface area contributed by atoms with Crippen molar-refractivity contribution in [2.75, 3.05) is 32.8 Å². The summed E-state index contributed by atoms with van der Waals surface area (Å²) in [5.41, 5.74) is 2.71.